The number of nitrogens with one attached hydrogen (secondary N) is 1. The largest absolute Gasteiger partial charge is 0.490 e. The summed E-state index contributed by atoms with van der Waals surface area (Å²) in [7, 11) is 0. The Morgan fingerprint density at radius 3 is 2.86 bits per heavy atom. The Hall–Kier alpha value is -0.830. The van der Waals surface area contributed by atoms with Gasteiger partial charge in [-0.1, -0.05) is 0 Å². The van der Waals surface area contributed by atoms with Crippen molar-refractivity contribution < 1.29 is 9.53 Å². The molecule has 78 valence electrons. The van der Waals surface area contributed by atoms with Crippen LogP contribution in [0.3, 0.4) is 0 Å². The van der Waals surface area contributed by atoms with E-state index in [0.29, 0.717) is 12.4 Å². The van der Waals surface area contributed by atoms with Gasteiger partial charge in [-0.25, -0.2) is 0 Å². The van der Waals surface area contributed by atoms with Crippen LogP contribution in [0.25, 0.3) is 0 Å². The average molecular weight is 195 g/mol. The molecule has 2 rings (SSSR count). The highest BCUT2D eigenvalue weighted by Gasteiger charge is 2.25. The lowest BCUT2D eigenvalue weighted by molar-refractivity contribution is -0.123. The molecule has 0 aromatic heterocycles. The molecule has 0 unspecified atom stereocenters. The van der Waals surface area contributed by atoms with E-state index in [2.05, 4.69) is 5.32 Å². The van der Waals surface area contributed by atoms with Crippen molar-refractivity contribution in [1.82, 2.24) is 5.32 Å². The Morgan fingerprint density at radius 2 is 2.21 bits per heavy atom. The molecule has 1 fully saturated rings. The summed E-state index contributed by atoms with van der Waals surface area (Å²) in [4.78, 5) is 11.9. The molecular formula is C11H17NO2. The molecular weight excluding hydrogens is 178 g/mol. The van der Waals surface area contributed by atoms with Crippen molar-refractivity contribution in [2.24, 2.45) is 5.92 Å². The van der Waals surface area contributed by atoms with E-state index in [4.69, 9.17) is 4.74 Å². The smallest absolute Gasteiger partial charge is 0.200 e. The highest BCUT2D eigenvalue weighted by Crippen LogP contribution is 2.20. The minimum Gasteiger partial charge on any atom is -0.490 e. The summed E-state index contributed by atoms with van der Waals surface area (Å²) in [6, 6.07) is 0. The SMILES string of the molecule is O=C(C1=CCCCO1)C1CCNCC1. The van der Waals surface area contributed by atoms with Gasteiger partial charge in [0.25, 0.3) is 0 Å². The molecule has 0 aromatic rings. The van der Waals surface area contributed by atoms with Gasteiger partial charge in [0.1, 0.15) is 0 Å². The Balaban J connectivity index is 1.95. The molecule has 0 radical (unpaired) electrons. The first-order valence-corrected chi connectivity index (χ1v) is 5.46. The van der Waals surface area contributed by atoms with Gasteiger partial charge in [-0.3, -0.25) is 4.79 Å². The third-order valence-corrected chi connectivity index (χ3v) is 2.89. The number of piperidine rings is 1. The molecule has 0 spiro atoms. The summed E-state index contributed by atoms with van der Waals surface area (Å²) in [6.45, 7) is 2.63. The Morgan fingerprint density at radius 1 is 1.43 bits per heavy atom. The minimum absolute atomic E-state index is 0.195. The van der Waals surface area contributed by atoms with Gasteiger partial charge in [-0.2, -0.15) is 0 Å². The van der Waals surface area contributed by atoms with Crippen LogP contribution in [0.4, 0.5) is 0 Å². The van der Waals surface area contributed by atoms with Crippen LogP contribution in [0.5, 0.6) is 0 Å². The first kappa shape index (κ1) is 9.71. The van der Waals surface area contributed by atoms with E-state index >= 15 is 0 Å². The van der Waals surface area contributed by atoms with E-state index in [-0.39, 0.29) is 11.7 Å². The van der Waals surface area contributed by atoms with Gasteiger partial charge < -0.3 is 10.1 Å². The fraction of sp³-hybridized carbons (Fsp3) is 0.727. The van der Waals surface area contributed by atoms with Crippen LogP contribution in [0.15, 0.2) is 11.8 Å². The number of hydrogen-bond acceptors (Lipinski definition) is 3. The zero-order valence-corrected chi connectivity index (χ0v) is 8.42. The molecule has 3 heteroatoms. The lowest BCUT2D eigenvalue weighted by Crippen LogP contribution is -2.33. The van der Waals surface area contributed by atoms with Crippen LogP contribution in [0.2, 0.25) is 0 Å². The van der Waals surface area contributed by atoms with Gasteiger partial charge in [0, 0.05) is 5.92 Å². The van der Waals surface area contributed by atoms with Crippen LogP contribution < -0.4 is 5.32 Å². The third-order valence-electron chi connectivity index (χ3n) is 2.89. The molecule has 0 amide bonds. The summed E-state index contributed by atoms with van der Waals surface area (Å²) in [5.41, 5.74) is 0. The van der Waals surface area contributed by atoms with Crippen molar-refractivity contribution in [3.63, 3.8) is 0 Å². The second-order valence-electron chi connectivity index (χ2n) is 3.95. The maximum atomic E-state index is 11.9. The molecule has 1 N–H and O–H groups in total. The summed E-state index contributed by atoms with van der Waals surface area (Å²) in [5.74, 6) is 1.05. The third kappa shape index (κ3) is 2.15. The van der Waals surface area contributed by atoms with E-state index in [9.17, 15) is 4.79 Å². The first-order chi connectivity index (χ1) is 6.88. The Kier molecular flexibility index (Phi) is 3.19. The molecule has 2 aliphatic rings. The standard InChI is InChI=1S/C11H17NO2/c13-11(9-4-6-12-7-5-9)10-3-1-2-8-14-10/h3,9,12H,1-2,4-8H2. The quantitative estimate of drug-likeness (QED) is 0.720. The van der Waals surface area contributed by atoms with Crippen LogP contribution >= 0.6 is 0 Å². The van der Waals surface area contributed by atoms with Crippen LogP contribution in [0.1, 0.15) is 25.7 Å². The second kappa shape index (κ2) is 4.60. The number of Topliss-reactive ketones (excluding diaryl/α,β-unsaturated/α-hetero) is 1. The number of allylic oxidation sites excluding steroid dienone is 2. The van der Waals surface area contributed by atoms with E-state index < -0.39 is 0 Å². The average Bonchev–Trinajstić information content (AvgIpc) is 2.30. The summed E-state index contributed by atoms with van der Waals surface area (Å²) in [6.07, 6.45) is 5.90. The molecule has 1 saturated heterocycles. The van der Waals surface area contributed by atoms with Crippen molar-refractivity contribution in [1.29, 1.82) is 0 Å². The van der Waals surface area contributed by atoms with Gasteiger partial charge in [-0.15, -0.1) is 0 Å². The number of ketones is 1. The van der Waals surface area contributed by atoms with Crippen molar-refractivity contribution in [2.75, 3.05) is 19.7 Å². The topological polar surface area (TPSA) is 38.3 Å². The lowest BCUT2D eigenvalue weighted by atomic mass is 9.92. The van der Waals surface area contributed by atoms with Gasteiger partial charge in [0.05, 0.1) is 6.61 Å². The normalized spacial score (nSPS) is 23.9. The molecule has 0 aliphatic carbocycles. The zero-order chi connectivity index (χ0) is 9.80. The van der Waals surface area contributed by atoms with E-state index in [0.717, 1.165) is 38.8 Å². The Bertz CT molecular complexity index is 242. The van der Waals surface area contributed by atoms with E-state index in [1.165, 1.54) is 0 Å². The predicted molar refractivity (Wildman–Crippen MR) is 53.9 cm³/mol. The molecule has 0 saturated carbocycles. The molecule has 0 bridgehead atoms. The number of rotatable bonds is 2. The molecule has 2 heterocycles. The number of carbonyl (C=O) groups is 1. The minimum atomic E-state index is 0.195. The van der Waals surface area contributed by atoms with E-state index in [1.807, 2.05) is 6.08 Å². The first-order valence-electron chi connectivity index (χ1n) is 5.46. The fourth-order valence-corrected chi connectivity index (χ4v) is 2.01. The molecule has 14 heavy (non-hydrogen) atoms. The van der Waals surface area contributed by atoms with Gasteiger partial charge in [0.2, 0.25) is 0 Å². The van der Waals surface area contributed by atoms with Crippen LogP contribution in [-0.2, 0) is 9.53 Å². The van der Waals surface area contributed by atoms with Gasteiger partial charge in [-0.05, 0) is 44.8 Å². The molecule has 0 aromatic carbocycles. The van der Waals surface area contributed by atoms with Crippen molar-refractivity contribution in [2.45, 2.75) is 25.7 Å². The maximum Gasteiger partial charge on any atom is 0.200 e. The van der Waals surface area contributed by atoms with Crippen molar-refractivity contribution in [3.05, 3.63) is 11.8 Å². The fourth-order valence-electron chi connectivity index (χ4n) is 2.01. The van der Waals surface area contributed by atoms with E-state index in [1.54, 1.807) is 0 Å². The Labute approximate surface area is 84.5 Å². The summed E-state index contributed by atoms with van der Waals surface area (Å²) >= 11 is 0. The van der Waals surface area contributed by atoms with Gasteiger partial charge >= 0.3 is 0 Å². The summed E-state index contributed by atoms with van der Waals surface area (Å²) < 4.78 is 5.38. The van der Waals surface area contributed by atoms with Crippen LogP contribution in [-0.4, -0.2) is 25.5 Å². The molecule has 2 aliphatic heterocycles. The zero-order valence-electron chi connectivity index (χ0n) is 8.42. The van der Waals surface area contributed by atoms with Crippen molar-refractivity contribution in [3.8, 4) is 0 Å². The number of carbonyl (C=O) groups excluding carboxylic acids is 1. The molecule has 0 atom stereocenters. The van der Waals surface area contributed by atoms with Crippen LogP contribution in [0, 0.1) is 5.92 Å². The summed E-state index contributed by atoms with van der Waals surface area (Å²) in [5, 5.41) is 3.26. The highest BCUT2D eigenvalue weighted by atomic mass is 16.5. The maximum absolute atomic E-state index is 11.9. The second-order valence-corrected chi connectivity index (χ2v) is 3.95. The number of hydrogen-bond donors (Lipinski definition) is 1. The number of ether oxygens (including phenoxy) is 1. The molecule has 3 nitrogen and oxygen atoms in total. The lowest BCUT2D eigenvalue weighted by Gasteiger charge is -2.23. The monoisotopic (exact) mass is 195 g/mol. The van der Waals surface area contributed by atoms with Gasteiger partial charge in [0.15, 0.2) is 11.5 Å². The van der Waals surface area contributed by atoms with Crippen molar-refractivity contribution >= 4 is 5.78 Å². The highest BCUT2D eigenvalue weighted by molar-refractivity contribution is 5.95. The predicted octanol–water partition coefficient (Wildman–Crippen LogP) is 1.25.